The number of para-hydroxylation sites is 1. The minimum Gasteiger partial charge on any atom is -0.340 e. The van der Waals surface area contributed by atoms with E-state index in [9.17, 15) is 0 Å². The molecule has 6 aromatic rings. The molecule has 63 heavy (non-hydrogen) atoms. The average molecular weight is 823 g/mol. The number of aliphatic imine (C=N–C) groups is 1. The summed E-state index contributed by atoms with van der Waals surface area (Å²) in [5, 5.41) is 8.71. The molecule has 1 N–H and O–H groups in total. The van der Waals surface area contributed by atoms with Gasteiger partial charge in [0.2, 0.25) is 0 Å². The molecule has 4 heteroatoms. The molecule has 0 spiro atoms. The molecule has 3 heterocycles. The summed E-state index contributed by atoms with van der Waals surface area (Å²) in [4.78, 5) is 7.78. The summed E-state index contributed by atoms with van der Waals surface area (Å²) < 4.78 is 2.44. The van der Waals surface area contributed by atoms with Crippen LogP contribution in [-0.2, 0) is 0 Å². The summed E-state index contributed by atoms with van der Waals surface area (Å²) in [5.41, 5.74) is 15.4. The largest absolute Gasteiger partial charge is 0.340 e. The Hall–Kier alpha value is -6.91. The number of anilines is 1. The summed E-state index contributed by atoms with van der Waals surface area (Å²) in [6.45, 7) is 21.9. The number of nitrogens with zero attached hydrogens (tertiary/aromatic N) is 3. The fourth-order valence-corrected chi connectivity index (χ4v) is 10.3. The van der Waals surface area contributed by atoms with E-state index in [1.54, 1.807) is 0 Å². The van der Waals surface area contributed by atoms with E-state index in [4.69, 9.17) is 4.99 Å². The van der Waals surface area contributed by atoms with E-state index in [0.29, 0.717) is 0 Å². The first-order valence-electron chi connectivity index (χ1n) is 22.6. The van der Waals surface area contributed by atoms with Crippen LogP contribution in [0.3, 0.4) is 0 Å². The van der Waals surface area contributed by atoms with Gasteiger partial charge < -0.3 is 14.8 Å². The van der Waals surface area contributed by atoms with Crippen molar-refractivity contribution in [2.75, 3.05) is 5.32 Å². The summed E-state index contributed by atoms with van der Waals surface area (Å²) in [7, 11) is 0. The van der Waals surface area contributed by atoms with Crippen molar-refractivity contribution in [3.8, 4) is 5.69 Å². The smallest absolute Gasteiger partial charge is 0.133 e. The molecule has 0 amide bonds. The molecule has 0 saturated heterocycles. The predicted octanol–water partition coefficient (Wildman–Crippen LogP) is 15.9. The monoisotopic (exact) mass is 822 g/mol. The molecule has 5 aromatic carbocycles. The second-order valence-corrected chi connectivity index (χ2v) is 17.3. The van der Waals surface area contributed by atoms with Crippen LogP contribution in [0.25, 0.3) is 38.3 Å². The minimum atomic E-state index is -0.130. The second-order valence-electron chi connectivity index (χ2n) is 17.3. The van der Waals surface area contributed by atoms with Gasteiger partial charge in [0.05, 0.1) is 11.0 Å². The quantitative estimate of drug-likeness (QED) is 0.132. The van der Waals surface area contributed by atoms with E-state index in [1.807, 2.05) is 6.08 Å². The highest BCUT2D eigenvalue weighted by Gasteiger charge is 2.41. The number of fused-ring (bicyclic) bond motifs is 7. The van der Waals surface area contributed by atoms with E-state index in [1.165, 1.54) is 71.8 Å². The molecular formula is C59H58N4. The molecule has 0 saturated carbocycles. The summed E-state index contributed by atoms with van der Waals surface area (Å²) in [6, 6.07) is 37.8. The van der Waals surface area contributed by atoms with Gasteiger partial charge in [0.15, 0.2) is 0 Å². The lowest BCUT2D eigenvalue weighted by Gasteiger charge is -2.47. The van der Waals surface area contributed by atoms with Crippen LogP contribution in [0.5, 0.6) is 0 Å². The molecule has 2 aliphatic heterocycles. The van der Waals surface area contributed by atoms with Crippen molar-refractivity contribution in [2.45, 2.75) is 72.8 Å². The second kappa shape index (κ2) is 17.1. The number of nitrogens with one attached hydrogen (secondary N) is 1. The molecule has 0 fully saturated rings. The molecule has 0 bridgehead atoms. The first-order valence-corrected chi connectivity index (χ1v) is 22.6. The normalized spacial score (nSPS) is 19.0. The molecule has 1 aromatic heterocycles. The van der Waals surface area contributed by atoms with E-state index in [2.05, 4.69) is 227 Å². The van der Waals surface area contributed by atoms with E-state index in [-0.39, 0.29) is 17.4 Å². The number of hydrogen-bond acceptors (Lipinski definition) is 3. The third-order valence-corrected chi connectivity index (χ3v) is 13.3. The van der Waals surface area contributed by atoms with Crippen LogP contribution in [-0.4, -0.2) is 15.3 Å². The van der Waals surface area contributed by atoms with Crippen LogP contribution < -0.4 is 5.32 Å². The van der Waals surface area contributed by atoms with Gasteiger partial charge in [-0.15, -0.1) is 0 Å². The van der Waals surface area contributed by atoms with Crippen molar-refractivity contribution in [1.29, 1.82) is 0 Å². The first kappa shape index (κ1) is 41.4. The molecule has 2 unspecified atom stereocenters. The number of benzene rings is 5. The van der Waals surface area contributed by atoms with Gasteiger partial charge in [-0.2, -0.15) is 0 Å². The van der Waals surface area contributed by atoms with Crippen LogP contribution in [0.15, 0.2) is 216 Å². The van der Waals surface area contributed by atoms with Gasteiger partial charge in [0.25, 0.3) is 0 Å². The summed E-state index contributed by atoms with van der Waals surface area (Å²) >= 11 is 0. The zero-order valence-corrected chi connectivity index (χ0v) is 37.6. The molecule has 0 radical (unpaired) electrons. The highest BCUT2D eigenvalue weighted by Crippen LogP contribution is 2.53. The van der Waals surface area contributed by atoms with E-state index >= 15 is 0 Å². The number of rotatable bonds is 11. The van der Waals surface area contributed by atoms with Crippen molar-refractivity contribution >= 4 is 44.1 Å². The Bertz CT molecular complexity index is 3070. The van der Waals surface area contributed by atoms with Crippen molar-refractivity contribution in [3.63, 3.8) is 0 Å². The fourth-order valence-electron chi connectivity index (χ4n) is 10.3. The molecule has 4 nitrogen and oxygen atoms in total. The Balaban J connectivity index is 1.20. The molecule has 1 aliphatic carbocycles. The maximum absolute atomic E-state index is 5.37. The molecule has 314 valence electrons. The SMILES string of the molecule is C=CC1=C(CCC)C(C)(C)C2=CCC(c3ccc4c(c3)c3c5ccccc5ccc3n4-c3cccc(C4=NC(C(/C=C\C)=C/C)c5ccccc5N4)c3)C=C2N1/C(C=C)=C/C=C\C. The van der Waals surface area contributed by atoms with Crippen molar-refractivity contribution in [2.24, 2.45) is 10.4 Å². The van der Waals surface area contributed by atoms with Crippen LogP contribution in [0.4, 0.5) is 5.69 Å². The minimum absolute atomic E-state index is 0.0990. The maximum atomic E-state index is 5.37. The van der Waals surface area contributed by atoms with Gasteiger partial charge in [0.1, 0.15) is 11.9 Å². The Labute approximate surface area is 373 Å². The number of hydrogen-bond donors (Lipinski definition) is 1. The van der Waals surface area contributed by atoms with Gasteiger partial charge >= 0.3 is 0 Å². The third kappa shape index (κ3) is 7.08. The number of aromatic nitrogens is 1. The molecule has 3 aliphatic rings. The van der Waals surface area contributed by atoms with E-state index in [0.717, 1.165) is 47.7 Å². The Morgan fingerprint density at radius 1 is 0.873 bits per heavy atom. The molecule has 9 rings (SSSR count). The third-order valence-electron chi connectivity index (χ3n) is 13.3. The molecule has 2 atom stereocenters. The van der Waals surface area contributed by atoms with Gasteiger partial charge in [-0.3, -0.25) is 4.99 Å². The Kier molecular flexibility index (Phi) is 11.2. The fraction of sp³-hybridized carbons (Fsp3) is 0.203. The lowest BCUT2D eigenvalue weighted by atomic mass is 9.67. The summed E-state index contributed by atoms with van der Waals surface area (Å²) in [5.74, 6) is 1.04. The van der Waals surface area contributed by atoms with Gasteiger partial charge in [0, 0.05) is 61.7 Å². The predicted molar refractivity (Wildman–Crippen MR) is 271 cm³/mol. The number of allylic oxidation sites excluding steroid dienone is 11. The van der Waals surface area contributed by atoms with Crippen LogP contribution >= 0.6 is 0 Å². The summed E-state index contributed by atoms with van der Waals surface area (Å²) in [6.07, 6.45) is 24.8. The highest BCUT2D eigenvalue weighted by atomic mass is 15.2. The van der Waals surface area contributed by atoms with Crippen LogP contribution in [0.1, 0.15) is 89.5 Å². The van der Waals surface area contributed by atoms with E-state index < -0.39 is 0 Å². The van der Waals surface area contributed by atoms with Crippen LogP contribution in [0.2, 0.25) is 0 Å². The Morgan fingerprint density at radius 3 is 2.46 bits per heavy atom. The first-order chi connectivity index (χ1) is 30.8. The maximum Gasteiger partial charge on any atom is 0.133 e. The van der Waals surface area contributed by atoms with Crippen molar-refractivity contribution < 1.29 is 0 Å². The van der Waals surface area contributed by atoms with Gasteiger partial charge in [-0.25, -0.2) is 0 Å². The average Bonchev–Trinajstić information content (AvgIpc) is 3.66. The van der Waals surface area contributed by atoms with Gasteiger partial charge in [-0.1, -0.05) is 150 Å². The molecular weight excluding hydrogens is 765 g/mol. The lowest BCUT2D eigenvalue weighted by molar-refractivity contribution is 0.403. The van der Waals surface area contributed by atoms with Crippen LogP contribution in [0, 0.1) is 5.41 Å². The zero-order valence-electron chi connectivity index (χ0n) is 37.6. The van der Waals surface area contributed by atoms with Crippen molar-refractivity contribution in [3.05, 3.63) is 228 Å². The van der Waals surface area contributed by atoms with Crippen molar-refractivity contribution in [1.82, 2.24) is 9.47 Å². The highest BCUT2D eigenvalue weighted by molar-refractivity contribution is 6.21. The van der Waals surface area contributed by atoms with Gasteiger partial charge in [-0.05, 0) is 121 Å². The number of amidine groups is 1. The lowest BCUT2D eigenvalue weighted by Crippen LogP contribution is -2.37. The standard InChI is InChI=1S/C59H58N4/c1-9-15-25-44(13-5)62-52(14-6)49(22-11-3)59(7,8)50-33-30-42(38-55(50)62)41-32-34-53-48(37-41)56-46-27-17-16-23-40(46)31-35-54(56)63(53)45-26-20-24-43(36-45)58-60-51-29-19-18-28-47(51)57(61-58)39(12-4)21-10-2/h9-10,12-21,23-29,31-38,42,57H,5-6,11,22,30H2,1-4,7-8H3,(H,60,61)/b15-9-,21-10-,39-12+,44-25+. The Morgan fingerprint density at radius 2 is 1.68 bits per heavy atom. The topological polar surface area (TPSA) is 32.6 Å². The zero-order chi connectivity index (χ0) is 43.8.